The molecule has 1 heterocycles. The Morgan fingerprint density at radius 1 is 1.26 bits per heavy atom. The Bertz CT molecular complexity index is 647. The van der Waals surface area contributed by atoms with E-state index < -0.39 is 0 Å². The number of nitrogens with one attached hydrogen (secondary N) is 1. The van der Waals surface area contributed by atoms with Crippen LogP contribution in [0.1, 0.15) is 27.4 Å². The maximum absolute atomic E-state index is 12.2. The topological polar surface area (TPSA) is 68.3 Å². The van der Waals surface area contributed by atoms with Crippen LogP contribution in [-0.2, 0) is 0 Å². The van der Waals surface area contributed by atoms with Crippen molar-refractivity contribution >= 4 is 33.2 Å². The predicted molar refractivity (Wildman–Crippen MR) is 79.4 cm³/mol. The smallest absolute Gasteiger partial charge is 0.259 e. The minimum absolute atomic E-state index is 0.187. The van der Waals surface area contributed by atoms with E-state index in [9.17, 15) is 4.79 Å². The Kier molecular flexibility index (Phi) is 3.66. The fourth-order valence-corrected chi connectivity index (χ4v) is 2.19. The zero-order valence-electron chi connectivity index (χ0n) is 11.0. The van der Waals surface area contributed by atoms with Crippen LogP contribution in [0, 0.1) is 20.8 Å². The van der Waals surface area contributed by atoms with Crippen LogP contribution in [0.15, 0.2) is 27.1 Å². The quantitative estimate of drug-likeness (QED) is 0.826. The first kappa shape index (κ1) is 13.7. The standard InChI is InChI=1S/C14H15BrN2O2/c1-7-8(2)19-9(3)13(7)14(18)17-10-4-5-11(15)12(16)6-10/h4-6H,16H2,1-3H3,(H,17,18). The Morgan fingerprint density at radius 2 is 1.95 bits per heavy atom. The molecule has 0 saturated carbocycles. The fourth-order valence-electron chi connectivity index (χ4n) is 1.94. The van der Waals surface area contributed by atoms with Crippen LogP contribution in [0.2, 0.25) is 0 Å². The fraction of sp³-hybridized carbons (Fsp3) is 0.214. The van der Waals surface area contributed by atoms with Gasteiger partial charge < -0.3 is 15.5 Å². The van der Waals surface area contributed by atoms with E-state index in [1.165, 1.54) is 0 Å². The van der Waals surface area contributed by atoms with Crippen molar-refractivity contribution in [2.24, 2.45) is 0 Å². The van der Waals surface area contributed by atoms with Crippen molar-refractivity contribution in [1.82, 2.24) is 0 Å². The maximum Gasteiger partial charge on any atom is 0.259 e. The van der Waals surface area contributed by atoms with Gasteiger partial charge in [-0.1, -0.05) is 0 Å². The summed E-state index contributed by atoms with van der Waals surface area (Å²) in [5.74, 6) is 1.20. The molecule has 4 nitrogen and oxygen atoms in total. The van der Waals surface area contributed by atoms with Crippen molar-refractivity contribution in [2.75, 3.05) is 11.1 Å². The number of rotatable bonds is 2. The molecule has 0 bridgehead atoms. The van der Waals surface area contributed by atoms with Gasteiger partial charge in [0.1, 0.15) is 11.5 Å². The monoisotopic (exact) mass is 322 g/mol. The van der Waals surface area contributed by atoms with Gasteiger partial charge in [0.15, 0.2) is 0 Å². The third kappa shape index (κ3) is 2.66. The molecule has 0 spiro atoms. The number of anilines is 2. The first-order valence-corrected chi connectivity index (χ1v) is 6.62. The van der Waals surface area contributed by atoms with Crippen LogP contribution in [-0.4, -0.2) is 5.91 Å². The van der Waals surface area contributed by atoms with Gasteiger partial charge in [-0.05, 0) is 54.9 Å². The molecule has 1 aromatic carbocycles. The van der Waals surface area contributed by atoms with Crippen LogP contribution in [0.4, 0.5) is 11.4 Å². The van der Waals surface area contributed by atoms with Crippen LogP contribution in [0.25, 0.3) is 0 Å². The van der Waals surface area contributed by atoms with Crippen LogP contribution in [0.5, 0.6) is 0 Å². The van der Waals surface area contributed by atoms with Crippen molar-refractivity contribution in [2.45, 2.75) is 20.8 Å². The second kappa shape index (κ2) is 5.09. The highest BCUT2D eigenvalue weighted by Gasteiger charge is 2.18. The summed E-state index contributed by atoms with van der Waals surface area (Å²) in [5.41, 5.74) is 8.46. The van der Waals surface area contributed by atoms with Crippen molar-refractivity contribution < 1.29 is 9.21 Å². The average molecular weight is 323 g/mol. The lowest BCUT2D eigenvalue weighted by atomic mass is 10.1. The van der Waals surface area contributed by atoms with E-state index in [4.69, 9.17) is 10.2 Å². The zero-order valence-corrected chi connectivity index (χ0v) is 12.6. The SMILES string of the molecule is Cc1oc(C)c(C(=O)Nc2ccc(Br)c(N)c2)c1C. The first-order chi connectivity index (χ1) is 8.90. The van der Waals surface area contributed by atoms with E-state index in [-0.39, 0.29) is 5.91 Å². The van der Waals surface area contributed by atoms with Gasteiger partial charge in [-0.25, -0.2) is 0 Å². The molecule has 0 aliphatic carbocycles. The number of aryl methyl sites for hydroxylation is 2. The van der Waals surface area contributed by atoms with Gasteiger partial charge in [0, 0.05) is 21.4 Å². The van der Waals surface area contributed by atoms with Crippen LogP contribution in [0.3, 0.4) is 0 Å². The maximum atomic E-state index is 12.2. The van der Waals surface area contributed by atoms with Gasteiger partial charge in [0.05, 0.1) is 5.56 Å². The van der Waals surface area contributed by atoms with E-state index in [1.54, 1.807) is 25.1 Å². The largest absolute Gasteiger partial charge is 0.466 e. The normalized spacial score (nSPS) is 10.5. The van der Waals surface area contributed by atoms with Gasteiger partial charge in [-0.15, -0.1) is 0 Å². The molecule has 100 valence electrons. The number of halogens is 1. The van der Waals surface area contributed by atoms with Crippen molar-refractivity contribution in [3.8, 4) is 0 Å². The highest BCUT2D eigenvalue weighted by Crippen LogP contribution is 2.25. The minimum Gasteiger partial charge on any atom is -0.466 e. The Balaban J connectivity index is 2.28. The van der Waals surface area contributed by atoms with E-state index in [0.717, 1.165) is 15.8 Å². The summed E-state index contributed by atoms with van der Waals surface area (Å²) in [6.07, 6.45) is 0. The average Bonchev–Trinajstić information content (AvgIpc) is 2.58. The number of amides is 1. The molecule has 0 atom stereocenters. The van der Waals surface area contributed by atoms with Crippen molar-refractivity contribution in [3.63, 3.8) is 0 Å². The number of carbonyl (C=O) groups excluding carboxylic acids is 1. The minimum atomic E-state index is -0.187. The number of benzene rings is 1. The van der Waals surface area contributed by atoms with Crippen LogP contribution < -0.4 is 11.1 Å². The molecule has 0 unspecified atom stereocenters. The Morgan fingerprint density at radius 3 is 2.47 bits per heavy atom. The summed E-state index contributed by atoms with van der Waals surface area (Å²) in [4.78, 5) is 12.2. The summed E-state index contributed by atoms with van der Waals surface area (Å²) < 4.78 is 6.26. The first-order valence-electron chi connectivity index (χ1n) is 5.83. The summed E-state index contributed by atoms with van der Waals surface area (Å²) in [7, 11) is 0. The van der Waals surface area contributed by atoms with Crippen molar-refractivity contribution in [3.05, 3.63) is 45.3 Å². The number of hydrogen-bond acceptors (Lipinski definition) is 3. The third-order valence-corrected chi connectivity index (χ3v) is 3.76. The molecule has 2 rings (SSSR count). The van der Waals surface area contributed by atoms with E-state index >= 15 is 0 Å². The van der Waals surface area contributed by atoms with Crippen LogP contribution >= 0.6 is 15.9 Å². The van der Waals surface area contributed by atoms with Crippen molar-refractivity contribution in [1.29, 1.82) is 0 Å². The lowest BCUT2D eigenvalue weighted by Crippen LogP contribution is -2.13. The number of hydrogen-bond donors (Lipinski definition) is 2. The molecule has 0 aliphatic heterocycles. The highest BCUT2D eigenvalue weighted by atomic mass is 79.9. The summed E-state index contributed by atoms with van der Waals surface area (Å²) in [5, 5.41) is 2.82. The van der Waals surface area contributed by atoms with Gasteiger partial charge in [-0.2, -0.15) is 0 Å². The number of carbonyl (C=O) groups is 1. The molecule has 0 fully saturated rings. The molecular weight excluding hydrogens is 308 g/mol. The molecular formula is C14H15BrN2O2. The summed E-state index contributed by atoms with van der Waals surface area (Å²) in [6.45, 7) is 5.50. The Labute approximate surface area is 120 Å². The molecule has 1 amide bonds. The molecule has 0 aliphatic rings. The second-order valence-electron chi connectivity index (χ2n) is 4.40. The lowest BCUT2D eigenvalue weighted by Gasteiger charge is -2.07. The molecule has 2 aromatic rings. The lowest BCUT2D eigenvalue weighted by molar-refractivity contribution is 0.102. The molecule has 5 heteroatoms. The molecule has 0 radical (unpaired) electrons. The van der Waals surface area contributed by atoms with Gasteiger partial charge in [0.2, 0.25) is 0 Å². The highest BCUT2D eigenvalue weighted by molar-refractivity contribution is 9.10. The molecule has 19 heavy (non-hydrogen) atoms. The molecule has 3 N–H and O–H groups in total. The molecule has 0 saturated heterocycles. The van der Waals surface area contributed by atoms with Gasteiger partial charge in [0.25, 0.3) is 5.91 Å². The summed E-state index contributed by atoms with van der Waals surface area (Å²) in [6, 6.07) is 5.29. The summed E-state index contributed by atoms with van der Waals surface area (Å²) >= 11 is 3.31. The molecule has 1 aromatic heterocycles. The number of nitrogen functional groups attached to an aromatic ring is 1. The Hall–Kier alpha value is -1.75. The number of nitrogens with two attached hydrogens (primary N) is 1. The number of furan rings is 1. The van der Waals surface area contributed by atoms with E-state index in [1.807, 2.05) is 13.8 Å². The van der Waals surface area contributed by atoms with E-state index in [2.05, 4.69) is 21.2 Å². The third-order valence-electron chi connectivity index (χ3n) is 3.04. The van der Waals surface area contributed by atoms with Gasteiger partial charge in [-0.3, -0.25) is 4.79 Å². The second-order valence-corrected chi connectivity index (χ2v) is 5.26. The van der Waals surface area contributed by atoms with Gasteiger partial charge >= 0.3 is 0 Å². The predicted octanol–water partition coefficient (Wildman–Crippen LogP) is 3.80. The van der Waals surface area contributed by atoms with E-state index in [0.29, 0.717) is 22.7 Å². The zero-order chi connectivity index (χ0) is 14.2.